The third-order valence-corrected chi connectivity index (χ3v) is 3.41. The van der Waals surface area contributed by atoms with E-state index in [4.69, 9.17) is 16.3 Å². The fourth-order valence-corrected chi connectivity index (χ4v) is 2.40. The molecule has 7 heteroatoms. The quantitative estimate of drug-likeness (QED) is 0.746. The lowest BCUT2D eigenvalue weighted by Gasteiger charge is -2.40. The van der Waals surface area contributed by atoms with E-state index in [9.17, 15) is 4.79 Å². The van der Waals surface area contributed by atoms with Gasteiger partial charge in [0.1, 0.15) is 22.9 Å². The molecule has 6 nitrogen and oxygen atoms in total. The number of hydrogen-bond acceptors (Lipinski definition) is 5. The van der Waals surface area contributed by atoms with Crippen LogP contribution >= 0.6 is 11.6 Å². The topological polar surface area (TPSA) is 58.6 Å². The monoisotopic (exact) mass is 312 g/mol. The minimum atomic E-state index is -0.478. The van der Waals surface area contributed by atoms with Crippen molar-refractivity contribution in [3.63, 3.8) is 0 Å². The van der Waals surface area contributed by atoms with Crippen LogP contribution in [0.25, 0.3) is 0 Å². The number of amides is 1. The second-order valence-corrected chi connectivity index (χ2v) is 6.55. The number of rotatable bonds is 1. The summed E-state index contributed by atoms with van der Waals surface area (Å²) in [6, 6.07) is 1.78. The molecule has 1 fully saturated rings. The summed E-state index contributed by atoms with van der Waals surface area (Å²) >= 11 is 5.89. The molecular weight excluding hydrogens is 292 g/mol. The molecule has 0 aromatic carbocycles. The zero-order valence-corrected chi connectivity index (χ0v) is 13.6. The Morgan fingerprint density at radius 1 is 1.38 bits per heavy atom. The SMILES string of the molecule is C[C@@H]1CN(c2cc(Cl)ncn2)CCN1C(=O)OC(C)(C)C. The van der Waals surface area contributed by atoms with Crippen LogP contribution in [0.4, 0.5) is 10.6 Å². The largest absolute Gasteiger partial charge is 0.444 e. The number of carbonyl (C=O) groups is 1. The van der Waals surface area contributed by atoms with Crippen LogP contribution in [0.5, 0.6) is 0 Å². The molecule has 0 N–H and O–H groups in total. The third-order valence-electron chi connectivity index (χ3n) is 3.20. The predicted molar refractivity (Wildman–Crippen MR) is 81.7 cm³/mol. The van der Waals surface area contributed by atoms with Crippen molar-refractivity contribution in [2.75, 3.05) is 24.5 Å². The Balaban J connectivity index is 2.01. The summed E-state index contributed by atoms with van der Waals surface area (Å²) in [6.07, 6.45) is 1.18. The minimum Gasteiger partial charge on any atom is -0.444 e. The first-order valence-electron chi connectivity index (χ1n) is 6.98. The molecule has 2 rings (SSSR count). The molecule has 0 radical (unpaired) electrons. The highest BCUT2D eigenvalue weighted by Gasteiger charge is 2.31. The van der Waals surface area contributed by atoms with Crippen molar-refractivity contribution < 1.29 is 9.53 Å². The lowest BCUT2D eigenvalue weighted by Crippen LogP contribution is -2.55. The van der Waals surface area contributed by atoms with E-state index >= 15 is 0 Å². The van der Waals surface area contributed by atoms with Crippen LogP contribution in [-0.2, 0) is 4.74 Å². The first-order valence-corrected chi connectivity index (χ1v) is 7.36. The second-order valence-electron chi connectivity index (χ2n) is 6.17. The number of hydrogen-bond donors (Lipinski definition) is 0. The molecular formula is C14H21ClN4O2. The molecule has 116 valence electrons. The number of nitrogens with zero attached hydrogens (tertiary/aromatic N) is 4. The zero-order chi connectivity index (χ0) is 15.6. The molecule has 21 heavy (non-hydrogen) atoms. The van der Waals surface area contributed by atoms with E-state index in [-0.39, 0.29) is 12.1 Å². The summed E-state index contributed by atoms with van der Waals surface area (Å²) in [4.78, 5) is 24.1. The highest BCUT2D eigenvalue weighted by atomic mass is 35.5. The first kappa shape index (κ1) is 15.8. The standard InChI is InChI=1S/C14H21ClN4O2/c1-10-8-18(12-7-11(15)16-9-17-12)5-6-19(10)13(20)21-14(2,3)4/h7,9-10H,5-6,8H2,1-4H3/t10-/m1/s1. The highest BCUT2D eigenvalue weighted by Crippen LogP contribution is 2.20. The minimum absolute atomic E-state index is 0.0438. The van der Waals surface area contributed by atoms with Crippen LogP contribution in [0.2, 0.25) is 5.15 Å². The molecule has 1 aromatic rings. The van der Waals surface area contributed by atoms with Gasteiger partial charge in [-0.15, -0.1) is 0 Å². The Bertz CT molecular complexity index is 518. The van der Waals surface area contributed by atoms with Gasteiger partial charge in [-0.25, -0.2) is 14.8 Å². The molecule has 0 bridgehead atoms. The van der Waals surface area contributed by atoms with E-state index in [0.29, 0.717) is 24.8 Å². The molecule has 1 aromatic heterocycles. The van der Waals surface area contributed by atoms with Gasteiger partial charge in [0.15, 0.2) is 0 Å². The van der Waals surface area contributed by atoms with Crippen molar-refractivity contribution in [1.29, 1.82) is 0 Å². The van der Waals surface area contributed by atoms with Crippen molar-refractivity contribution in [3.05, 3.63) is 17.5 Å². The molecule has 2 heterocycles. The molecule has 0 unspecified atom stereocenters. The Morgan fingerprint density at radius 2 is 2.10 bits per heavy atom. The number of halogens is 1. The van der Waals surface area contributed by atoms with Crippen LogP contribution in [0.1, 0.15) is 27.7 Å². The number of aromatic nitrogens is 2. The number of carbonyl (C=O) groups excluding carboxylic acids is 1. The van der Waals surface area contributed by atoms with E-state index in [1.165, 1.54) is 6.33 Å². The maximum atomic E-state index is 12.2. The Hall–Kier alpha value is -1.56. The van der Waals surface area contributed by atoms with Gasteiger partial charge < -0.3 is 14.5 Å². The van der Waals surface area contributed by atoms with Crippen LogP contribution < -0.4 is 4.90 Å². The smallest absolute Gasteiger partial charge is 0.410 e. The van der Waals surface area contributed by atoms with Crippen molar-refractivity contribution >= 4 is 23.5 Å². The van der Waals surface area contributed by atoms with E-state index in [1.807, 2.05) is 27.7 Å². The van der Waals surface area contributed by atoms with Gasteiger partial charge in [-0.1, -0.05) is 11.6 Å². The van der Waals surface area contributed by atoms with Gasteiger partial charge in [0, 0.05) is 31.7 Å². The second kappa shape index (κ2) is 6.05. The van der Waals surface area contributed by atoms with Crippen molar-refractivity contribution in [3.8, 4) is 0 Å². The predicted octanol–water partition coefficient (Wildman–Crippen LogP) is 2.58. The highest BCUT2D eigenvalue weighted by molar-refractivity contribution is 6.29. The Kier molecular flexibility index (Phi) is 4.56. The Labute approximate surface area is 130 Å². The van der Waals surface area contributed by atoms with E-state index in [0.717, 1.165) is 5.82 Å². The van der Waals surface area contributed by atoms with Crippen LogP contribution in [0.15, 0.2) is 12.4 Å². The first-order chi connectivity index (χ1) is 9.76. The maximum absolute atomic E-state index is 12.2. The van der Waals surface area contributed by atoms with Gasteiger partial charge in [-0.05, 0) is 27.7 Å². The summed E-state index contributed by atoms with van der Waals surface area (Å²) in [7, 11) is 0. The van der Waals surface area contributed by atoms with Crippen LogP contribution in [0.3, 0.4) is 0 Å². The molecule has 0 saturated carbocycles. The van der Waals surface area contributed by atoms with Crippen molar-refractivity contribution in [2.45, 2.75) is 39.3 Å². The van der Waals surface area contributed by atoms with Gasteiger partial charge >= 0.3 is 6.09 Å². The molecule has 0 spiro atoms. The summed E-state index contributed by atoms with van der Waals surface area (Å²) in [5.74, 6) is 0.783. The van der Waals surface area contributed by atoms with E-state index in [2.05, 4.69) is 14.9 Å². The molecule has 0 aliphatic carbocycles. The van der Waals surface area contributed by atoms with Crippen molar-refractivity contribution in [2.24, 2.45) is 0 Å². The number of ether oxygens (including phenoxy) is 1. The normalized spacial score (nSPS) is 19.6. The lowest BCUT2D eigenvalue weighted by atomic mass is 10.2. The average Bonchev–Trinajstić information content (AvgIpc) is 2.36. The van der Waals surface area contributed by atoms with Crippen LogP contribution in [0, 0.1) is 0 Å². The zero-order valence-electron chi connectivity index (χ0n) is 12.8. The molecule has 1 saturated heterocycles. The van der Waals surface area contributed by atoms with Gasteiger partial charge in [0.05, 0.1) is 0 Å². The Morgan fingerprint density at radius 3 is 2.67 bits per heavy atom. The van der Waals surface area contributed by atoms with Crippen molar-refractivity contribution in [1.82, 2.24) is 14.9 Å². The van der Waals surface area contributed by atoms with Gasteiger partial charge in [0.2, 0.25) is 0 Å². The number of anilines is 1. The van der Waals surface area contributed by atoms with E-state index in [1.54, 1.807) is 11.0 Å². The average molecular weight is 313 g/mol. The van der Waals surface area contributed by atoms with E-state index < -0.39 is 5.60 Å². The number of piperazine rings is 1. The summed E-state index contributed by atoms with van der Waals surface area (Å²) in [6.45, 7) is 9.58. The molecule has 1 aliphatic heterocycles. The summed E-state index contributed by atoms with van der Waals surface area (Å²) in [5, 5.41) is 0.419. The van der Waals surface area contributed by atoms with Gasteiger partial charge in [-0.2, -0.15) is 0 Å². The molecule has 1 aliphatic rings. The van der Waals surface area contributed by atoms with Gasteiger partial charge in [0.25, 0.3) is 0 Å². The summed E-state index contributed by atoms with van der Waals surface area (Å²) in [5.41, 5.74) is -0.478. The fraction of sp³-hybridized carbons (Fsp3) is 0.643. The summed E-state index contributed by atoms with van der Waals surface area (Å²) < 4.78 is 5.43. The molecule has 1 amide bonds. The van der Waals surface area contributed by atoms with Gasteiger partial charge in [-0.3, -0.25) is 0 Å². The maximum Gasteiger partial charge on any atom is 0.410 e. The fourth-order valence-electron chi connectivity index (χ4n) is 2.25. The third kappa shape index (κ3) is 4.20. The lowest BCUT2D eigenvalue weighted by molar-refractivity contribution is 0.0158. The molecule has 1 atom stereocenters. The van der Waals surface area contributed by atoms with Crippen LogP contribution in [-0.4, -0.2) is 52.2 Å².